The van der Waals surface area contributed by atoms with E-state index in [9.17, 15) is 23.1 Å². The van der Waals surface area contributed by atoms with Gasteiger partial charge in [-0.05, 0) is 50.3 Å². The summed E-state index contributed by atoms with van der Waals surface area (Å²) in [5.41, 5.74) is 0.0530. The molecule has 1 aromatic rings. The molecular weight excluding hydrogens is 309 g/mol. The lowest BCUT2D eigenvalue weighted by Gasteiger charge is -2.27. The Hall–Kier alpha value is -1.72. The van der Waals surface area contributed by atoms with Crippen molar-refractivity contribution in [3.63, 3.8) is 0 Å². The highest BCUT2D eigenvalue weighted by Crippen LogP contribution is 2.35. The normalized spacial score (nSPS) is 17.2. The molecule has 6 heteroatoms. The van der Waals surface area contributed by atoms with Crippen molar-refractivity contribution in [1.82, 2.24) is 0 Å². The summed E-state index contributed by atoms with van der Waals surface area (Å²) in [4.78, 5) is 11.4. The first kappa shape index (κ1) is 19.3. The second-order valence-electron chi connectivity index (χ2n) is 6.20. The van der Waals surface area contributed by atoms with E-state index in [2.05, 4.69) is 0 Å². The van der Waals surface area contributed by atoms with Crippen LogP contribution >= 0.6 is 0 Å². The Kier molecular flexibility index (Phi) is 6.08. The Morgan fingerprint density at radius 2 is 1.74 bits per heavy atom. The molecule has 0 spiro atoms. The zero-order valence-electron chi connectivity index (χ0n) is 13.8. The average molecular weight is 332 g/mol. The number of carbonyl (C=O) groups is 1. The standard InChI is InChI=1S/C17H23F3O3/c1-5-16(4,15(21)22)10-11(2)13-6-8-14(9-7-13)23-12(3)17(18,19)20/h6-9,11-12H,5,10H2,1-4H3,(H,21,22). The molecule has 0 saturated carbocycles. The Balaban J connectivity index is 2.78. The topological polar surface area (TPSA) is 46.5 Å². The number of halogens is 3. The van der Waals surface area contributed by atoms with E-state index in [0.717, 1.165) is 12.5 Å². The Morgan fingerprint density at radius 1 is 1.22 bits per heavy atom. The first-order chi connectivity index (χ1) is 10.5. The van der Waals surface area contributed by atoms with Crippen LogP contribution in [-0.4, -0.2) is 23.4 Å². The van der Waals surface area contributed by atoms with E-state index in [-0.39, 0.29) is 11.7 Å². The number of alkyl halides is 3. The number of aliphatic carboxylic acids is 1. The third-order valence-corrected chi connectivity index (χ3v) is 4.28. The van der Waals surface area contributed by atoms with Crippen LogP contribution in [0.4, 0.5) is 13.2 Å². The summed E-state index contributed by atoms with van der Waals surface area (Å²) in [6.07, 6.45) is -5.31. The van der Waals surface area contributed by atoms with E-state index >= 15 is 0 Å². The molecule has 0 saturated heterocycles. The zero-order chi connectivity index (χ0) is 17.8. The van der Waals surface area contributed by atoms with E-state index in [1.54, 1.807) is 19.1 Å². The highest BCUT2D eigenvalue weighted by atomic mass is 19.4. The number of carboxylic acid groups (broad SMARTS) is 1. The largest absolute Gasteiger partial charge is 0.481 e. The molecule has 3 nitrogen and oxygen atoms in total. The summed E-state index contributed by atoms with van der Waals surface area (Å²) in [5, 5.41) is 9.32. The van der Waals surface area contributed by atoms with Crippen molar-refractivity contribution >= 4 is 5.97 Å². The molecule has 0 aliphatic heterocycles. The van der Waals surface area contributed by atoms with Crippen LogP contribution in [0.5, 0.6) is 5.75 Å². The molecule has 0 fully saturated rings. The fourth-order valence-electron chi connectivity index (χ4n) is 2.32. The van der Waals surface area contributed by atoms with Crippen molar-refractivity contribution in [2.45, 2.75) is 58.7 Å². The smallest absolute Gasteiger partial charge is 0.425 e. The van der Waals surface area contributed by atoms with Crippen LogP contribution in [0.3, 0.4) is 0 Å². The van der Waals surface area contributed by atoms with Crippen molar-refractivity contribution < 1.29 is 27.8 Å². The summed E-state index contributed by atoms with van der Waals surface area (Å²) >= 11 is 0. The number of hydrogen-bond acceptors (Lipinski definition) is 2. The van der Waals surface area contributed by atoms with Crippen LogP contribution in [-0.2, 0) is 4.79 Å². The number of ether oxygens (including phenoxy) is 1. The molecule has 1 aromatic carbocycles. The van der Waals surface area contributed by atoms with Crippen molar-refractivity contribution in [3.05, 3.63) is 29.8 Å². The highest BCUT2D eigenvalue weighted by molar-refractivity contribution is 5.74. The molecule has 0 aromatic heterocycles. The van der Waals surface area contributed by atoms with Gasteiger partial charge in [0.15, 0.2) is 6.10 Å². The van der Waals surface area contributed by atoms with Crippen molar-refractivity contribution in [2.24, 2.45) is 5.41 Å². The van der Waals surface area contributed by atoms with E-state index in [0.29, 0.717) is 12.8 Å². The zero-order valence-corrected chi connectivity index (χ0v) is 13.8. The molecule has 1 N–H and O–H groups in total. The second-order valence-corrected chi connectivity index (χ2v) is 6.20. The number of benzene rings is 1. The molecule has 0 aliphatic carbocycles. The fraction of sp³-hybridized carbons (Fsp3) is 0.588. The van der Waals surface area contributed by atoms with Crippen LogP contribution in [0, 0.1) is 5.41 Å². The summed E-state index contributed by atoms with van der Waals surface area (Å²) in [6.45, 7) is 6.39. The van der Waals surface area contributed by atoms with Crippen LogP contribution in [0.15, 0.2) is 24.3 Å². The van der Waals surface area contributed by atoms with E-state index < -0.39 is 23.7 Å². The predicted octanol–water partition coefficient (Wildman–Crippen LogP) is 5.01. The Morgan fingerprint density at radius 3 is 2.13 bits per heavy atom. The molecule has 0 amide bonds. The summed E-state index contributed by atoms with van der Waals surface area (Å²) < 4.78 is 42.2. The molecule has 0 radical (unpaired) electrons. The molecule has 130 valence electrons. The third kappa shape index (κ3) is 5.15. The van der Waals surface area contributed by atoms with Gasteiger partial charge in [0.25, 0.3) is 0 Å². The Bertz CT molecular complexity index is 525. The molecule has 3 atom stereocenters. The first-order valence-electron chi connectivity index (χ1n) is 7.56. The van der Waals surface area contributed by atoms with Gasteiger partial charge in [-0.3, -0.25) is 4.79 Å². The summed E-state index contributed by atoms with van der Waals surface area (Å²) in [7, 11) is 0. The molecular formula is C17H23F3O3. The van der Waals surface area contributed by atoms with Gasteiger partial charge in [0.05, 0.1) is 5.41 Å². The van der Waals surface area contributed by atoms with Gasteiger partial charge >= 0.3 is 12.1 Å². The maximum Gasteiger partial charge on any atom is 0.425 e. The summed E-state index contributed by atoms with van der Waals surface area (Å²) in [5.74, 6) is -0.724. The lowest BCUT2D eigenvalue weighted by atomic mass is 9.77. The minimum Gasteiger partial charge on any atom is -0.481 e. The maximum absolute atomic E-state index is 12.5. The van der Waals surface area contributed by atoms with Crippen LogP contribution in [0.25, 0.3) is 0 Å². The van der Waals surface area contributed by atoms with Crippen LogP contribution in [0.1, 0.15) is 52.0 Å². The SMILES string of the molecule is CCC(C)(CC(C)c1ccc(OC(C)C(F)(F)F)cc1)C(=O)O. The average Bonchev–Trinajstić information content (AvgIpc) is 2.46. The minimum absolute atomic E-state index is 0.0230. The van der Waals surface area contributed by atoms with Gasteiger partial charge in [-0.15, -0.1) is 0 Å². The third-order valence-electron chi connectivity index (χ3n) is 4.28. The minimum atomic E-state index is -4.41. The number of rotatable bonds is 7. The molecule has 23 heavy (non-hydrogen) atoms. The van der Waals surface area contributed by atoms with Gasteiger partial charge in [0.2, 0.25) is 0 Å². The predicted molar refractivity (Wildman–Crippen MR) is 81.7 cm³/mol. The van der Waals surface area contributed by atoms with Gasteiger partial charge < -0.3 is 9.84 Å². The fourth-order valence-corrected chi connectivity index (χ4v) is 2.32. The van der Waals surface area contributed by atoms with Crippen molar-refractivity contribution in [1.29, 1.82) is 0 Å². The quantitative estimate of drug-likeness (QED) is 0.763. The number of hydrogen-bond donors (Lipinski definition) is 1. The lowest BCUT2D eigenvalue weighted by molar-refractivity contribution is -0.189. The molecule has 3 unspecified atom stereocenters. The first-order valence-corrected chi connectivity index (χ1v) is 7.56. The van der Waals surface area contributed by atoms with Crippen molar-refractivity contribution in [3.8, 4) is 5.75 Å². The van der Waals surface area contributed by atoms with Gasteiger partial charge in [-0.2, -0.15) is 13.2 Å². The number of carboxylic acids is 1. The van der Waals surface area contributed by atoms with Crippen LogP contribution in [0.2, 0.25) is 0 Å². The molecule has 0 bridgehead atoms. The van der Waals surface area contributed by atoms with Crippen LogP contribution < -0.4 is 4.74 Å². The second kappa shape index (κ2) is 7.23. The van der Waals surface area contributed by atoms with Gasteiger partial charge in [-0.1, -0.05) is 26.0 Å². The molecule has 0 heterocycles. The van der Waals surface area contributed by atoms with E-state index in [1.807, 2.05) is 13.8 Å². The lowest BCUT2D eigenvalue weighted by Crippen LogP contribution is -2.31. The van der Waals surface area contributed by atoms with Gasteiger partial charge in [0, 0.05) is 0 Å². The maximum atomic E-state index is 12.5. The Labute approximate surface area is 134 Å². The summed E-state index contributed by atoms with van der Waals surface area (Å²) in [6, 6.07) is 6.33. The van der Waals surface area contributed by atoms with Crippen molar-refractivity contribution in [2.75, 3.05) is 0 Å². The highest BCUT2D eigenvalue weighted by Gasteiger charge is 2.38. The molecule has 1 rings (SSSR count). The van der Waals surface area contributed by atoms with Gasteiger partial charge in [0.1, 0.15) is 5.75 Å². The monoisotopic (exact) mass is 332 g/mol. The van der Waals surface area contributed by atoms with E-state index in [1.165, 1.54) is 12.1 Å². The van der Waals surface area contributed by atoms with E-state index in [4.69, 9.17) is 4.74 Å². The molecule has 0 aliphatic rings. The van der Waals surface area contributed by atoms with Gasteiger partial charge in [-0.25, -0.2) is 0 Å².